The van der Waals surface area contributed by atoms with Gasteiger partial charge in [-0.2, -0.15) is 13.2 Å². The van der Waals surface area contributed by atoms with Crippen LogP contribution < -0.4 is 5.32 Å². The molecule has 1 amide bonds. The number of aromatic nitrogens is 2. The number of rotatable bonds is 3. The molecule has 0 spiro atoms. The molecule has 4 rings (SSSR count). The van der Waals surface area contributed by atoms with E-state index in [1.165, 1.54) is 11.3 Å². The lowest BCUT2D eigenvalue weighted by Crippen LogP contribution is -2.13. The number of thiazole rings is 1. The minimum absolute atomic E-state index is 0.145. The number of nitrogens with one attached hydrogen (secondary N) is 1. The molecule has 0 atom stereocenters. The summed E-state index contributed by atoms with van der Waals surface area (Å²) >= 11 is 1.45. The lowest BCUT2D eigenvalue weighted by molar-refractivity contribution is -0.137. The third-order valence-corrected chi connectivity index (χ3v) is 5.47. The predicted octanol–water partition coefficient (Wildman–Crippen LogP) is 5.94. The number of hydrogen-bond acceptors (Lipinski definition) is 4. The molecule has 29 heavy (non-hydrogen) atoms. The first-order chi connectivity index (χ1) is 13.8. The van der Waals surface area contributed by atoms with Crippen LogP contribution in [0.1, 0.15) is 21.5 Å². The Balaban J connectivity index is 1.61. The zero-order valence-electron chi connectivity index (χ0n) is 15.1. The number of nitrogens with zero attached hydrogens (tertiary/aromatic N) is 2. The number of pyridine rings is 1. The van der Waals surface area contributed by atoms with Crippen LogP contribution in [0, 0.1) is 6.92 Å². The molecular weight excluding hydrogens is 399 g/mol. The number of amides is 1. The summed E-state index contributed by atoms with van der Waals surface area (Å²) in [5, 5.41) is 3.55. The fourth-order valence-electron chi connectivity index (χ4n) is 2.89. The van der Waals surface area contributed by atoms with Gasteiger partial charge in [0.15, 0.2) is 0 Å². The van der Waals surface area contributed by atoms with Crippen LogP contribution in [-0.4, -0.2) is 15.9 Å². The quantitative estimate of drug-likeness (QED) is 0.452. The van der Waals surface area contributed by atoms with Crippen molar-refractivity contribution in [1.82, 2.24) is 9.97 Å². The van der Waals surface area contributed by atoms with Gasteiger partial charge >= 0.3 is 6.18 Å². The number of carbonyl (C=O) groups excluding carboxylic acids is 1. The van der Waals surface area contributed by atoms with Gasteiger partial charge in [0.1, 0.15) is 15.4 Å². The van der Waals surface area contributed by atoms with E-state index in [9.17, 15) is 18.0 Å². The van der Waals surface area contributed by atoms with Crippen LogP contribution >= 0.6 is 11.3 Å². The Hall–Kier alpha value is -3.26. The maximum absolute atomic E-state index is 12.7. The van der Waals surface area contributed by atoms with Gasteiger partial charge in [-0.25, -0.2) is 9.97 Å². The maximum Gasteiger partial charge on any atom is 0.416 e. The van der Waals surface area contributed by atoms with Crippen molar-refractivity contribution >= 4 is 33.3 Å². The summed E-state index contributed by atoms with van der Waals surface area (Å²) in [6, 6.07) is 13.3. The molecule has 0 aliphatic heterocycles. The second-order valence-electron chi connectivity index (χ2n) is 6.35. The van der Waals surface area contributed by atoms with Crippen LogP contribution in [-0.2, 0) is 6.18 Å². The SMILES string of the molecule is Cc1c(NC(=O)c2ccc(C(F)(F)F)cc2)cccc1-c1nc2cccnc2s1. The van der Waals surface area contributed by atoms with Gasteiger partial charge in [0.2, 0.25) is 0 Å². The molecule has 0 radical (unpaired) electrons. The van der Waals surface area contributed by atoms with E-state index in [1.54, 1.807) is 18.3 Å². The van der Waals surface area contributed by atoms with Crippen molar-refractivity contribution in [1.29, 1.82) is 0 Å². The van der Waals surface area contributed by atoms with Crippen LogP contribution in [0.5, 0.6) is 0 Å². The van der Waals surface area contributed by atoms with E-state index in [1.807, 2.05) is 25.1 Å². The summed E-state index contributed by atoms with van der Waals surface area (Å²) < 4.78 is 38.1. The van der Waals surface area contributed by atoms with E-state index in [4.69, 9.17) is 0 Å². The number of anilines is 1. The number of fused-ring (bicyclic) bond motifs is 1. The zero-order chi connectivity index (χ0) is 20.6. The number of hydrogen-bond donors (Lipinski definition) is 1. The first-order valence-corrected chi connectivity index (χ1v) is 9.45. The minimum Gasteiger partial charge on any atom is -0.322 e. The Bertz CT molecular complexity index is 1170. The zero-order valence-corrected chi connectivity index (χ0v) is 15.9. The normalized spacial score (nSPS) is 11.6. The summed E-state index contributed by atoms with van der Waals surface area (Å²) in [5.74, 6) is -0.482. The minimum atomic E-state index is -4.44. The van der Waals surface area contributed by atoms with Gasteiger partial charge in [0, 0.05) is 23.0 Å². The molecule has 0 saturated carbocycles. The second-order valence-corrected chi connectivity index (χ2v) is 7.33. The van der Waals surface area contributed by atoms with Crippen molar-refractivity contribution in [3.8, 4) is 10.6 Å². The highest BCUT2D eigenvalue weighted by Gasteiger charge is 2.30. The van der Waals surface area contributed by atoms with Gasteiger partial charge in [0.25, 0.3) is 5.91 Å². The molecule has 0 unspecified atom stereocenters. The Morgan fingerprint density at radius 2 is 1.79 bits per heavy atom. The first kappa shape index (κ1) is 19.1. The van der Waals surface area contributed by atoms with E-state index < -0.39 is 17.6 Å². The maximum atomic E-state index is 12.7. The molecule has 0 bridgehead atoms. The van der Waals surface area contributed by atoms with E-state index in [0.717, 1.165) is 50.7 Å². The summed E-state index contributed by atoms with van der Waals surface area (Å²) in [4.78, 5) is 22.2. The molecule has 0 aliphatic carbocycles. The van der Waals surface area contributed by atoms with Crippen molar-refractivity contribution < 1.29 is 18.0 Å². The summed E-state index contributed by atoms with van der Waals surface area (Å²) in [7, 11) is 0. The summed E-state index contributed by atoms with van der Waals surface area (Å²) in [6.45, 7) is 1.86. The van der Waals surface area contributed by atoms with Crippen molar-refractivity contribution in [3.05, 3.63) is 77.5 Å². The third kappa shape index (κ3) is 3.84. The van der Waals surface area contributed by atoms with E-state index >= 15 is 0 Å². The molecule has 1 N–H and O–H groups in total. The average molecular weight is 413 g/mol. The number of halogens is 3. The highest BCUT2D eigenvalue weighted by Crippen LogP contribution is 2.34. The van der Waals surface area contributed by atoms with E-state index in [2.05, 4.69) is 15.3 Å². The fourth-order valence-corrected chi connectivity index (χ4v) is 3.88. The van der Waals surface area contributed by atoms with Crippen LogP contribution in [0.15, 0.2) is 60.8 Å². The molecule has 2 aromatic heterocycles. The summed E-state index contributed by atoms with van der Waals surface area (Å²) in [6.07, 6.45) is -2.73. The van der Waals surface area contributed by atoms with Crippen LogP contribution in [0.4, 0.5) is 18.9 Å². The molecule has 8 heteroatoms. The van der Waals surface area contributed by atoms with Crippen molar-refractivity contribution in [2.75, 3.05) is 5.32 Å². The predicted molar refractivity (Wildman–Crippen MR) is 107 cm³/mol. The van der Waals surface area contributed by atoms with E-state index in [0.29, 0.717) is 5.69 Å². The molecular formula is C21H14F3N3OS. The molecule has 146 valence electrons. The van der Waals surface area contributed by atoms with Gasteiger partial charge in [-0.3, -0.25) is 4.79 Å². The highest BCUT2D eigenvalue weighted by atomic mass is 32.1. The van der Waals surface area contributed by atoms with Gasteiger partial charge in [-0.15, -0.1) is 0 Å². The monoisotopic (exact) mass is 413 g/mol. The number of benzene rings is 2. The largest absolute Gasteiger partial charge is 0.416 e. The molecule has 2 aromatic carbocycles. The Kier molecular flexibility index (Phi) is 4.79. The molecule has 0 saturated heterocycles. The second kappa shape index (κ2) is 7.29. The first-order valence-electron chi connectivity index (χ1n) is 8.63. The van der Waals surface area contributed by atoms with E-state index in [-0.39, 0.29) is 5.56 Å². The molecule has 4 nitrogen and oxygen atoms in total. The van der Waals surface area contributed by atoms with Crippen LogP contribution in [0.3, 0.4) is 0 Å². The molecule has 4 aromatic rings. The van der Waals surface area contributed by atoms with Crippen molar-refractivity contribution in [2.45, 2.75) is 13.1 Å². The standard InChI is InChI=1S/C21H14F3N3OS/c1-12-15(19-27-17-6-3-11-25-20(17)29-19)4-2-5-16(12)26-18(28)13-7-9-14(10-8-13)21(22,23)24/h2-11H,1H3,(H,26,28). The van der Waals surface area contributed by atoms with Crippen LogP contribution in [0.2, 0.25) is 0 Å². The lowest BCUT2D eigenvalue weighted by Gasteiger charge is -2.12. The van der Waals surface area contributed by atoms with Crippen molar-refractivity contribution in [2.24, 2.45) is 0 Å². The Labute approximate surface area is 168 Å². The van der Waals surface area contributed by atoms with Gasteiger partial charge in [-0.05, 0) is 55.0 Å². The van der Waals surface area contributed by atoms with Crippen molar-refractivity contribution in [3.63, 3.8) is 0 Å². The summed E-state index contributed by atoms with van der Waals surface area (Å²) in [5.41, 5.74) is 2.39. The molecule has 0 fully saturated rings. The van der Waals surface area contributed by atoms with Crippen LogP contribution in [0.25, 0.3) is 20.9 Å². The third-order valence-electron chi connectivity index (χ3n) is 4.45. The number of alkyl halides is 3. The average Bonchev–Trinajstić information content (AvgIpc) is 3.13. The van der Waals surface area contributed by atoms with Gasteiger partial charge < -0.3 is 5.32 Å². The molecule has 0 aliphatic rings. The smallest absolute Gasteiger partial charge is 0.322 e. The topological polar surface area (TPSA) is 54.9 Å². The Morgan fingerprint density at radius 3 is 2.48 bits per heavy atom. The molecule has 2 heterocycles. The highest BCUT2D eigenvalue weighted by molar-refractivity contribution is 7.21. The van der Waals surface area contributed by atoms with Gasteiger partial charge in [-0.1, -0.05) is 23.5 Å². The Morgan fingerprint density at radius 1 is 1.03 bits per heavy atom. The fraction of sp³-hybridized carbons (Fsp3) is 0.0952. The lowest BCUT2D eigenvalue weighted by atomic mass is 10.1. The van der Waals surface area contributed by atoms with Gasteiger partial charge in [0.05, 0.1) is 5.56 Å². The number of carbonyl (C=O) groups is 1.